The zero-order chi connectivity index (χ0) is 28.0. The molecule has 0 saturated carbocycles. The van der Waals surface area contributed by atoms with E-state index in [9.17, 15) is 0 Å². The second-order valence-corrected chi connectivity index (χ2v) is 11.7. The van der Waals surface area contributed by atoms with Crippen LogP contribution in [0, 0.1) is 0 Å². The second kappa shape index (κ2) is 8.37. The van der Waals surface area contributed by atoms with Crippen LogP contribution >= 0.6 is 0 Å². The van der Waals surface area contributed by atoms with Gasteiger partial charge in [0.25, 0.3) is 0 Å². The summed E-state index contributed by atoms with van der Waals surface area (Å²) in [5.41, 5.74) is 10.2. The summed E-state index contributed by atoms with van der Waals surface area (Å²) < 4.78 is 19.0. The van der Waals surface area contributed by atoms with Gasteiger partial charge in [-0.2, -0.15) is 0 Å². The molecule has 2 aromatic heterocycles. The lowest BCUT2D eigenvalue weighted by Gasteiger charge is -2.34. The number of rotatable bonds is 2. The van der Waals surface area contributed by atoms with E-state index in [4.69, 9.17) is 13.6 Å². The van der Waals surface area contributed by atoms with Crippen LogP contribution in [0.2, 0.25) is 0 Å². The Balaban J connectivity index is 1.08. The van der Waals surface area contributed by atoms with Gasteiger partial charge in [0.2, 0.25) is 0 Å². The van der Waals surface area contributed by atoms with Crippen LogP contribution in [0.25, 0.3) is 66.1 Å². The van der Waals surface area contributed by atoms with Crippen molar-refractivity contribution in [2.45, 2.75) is 19.3 Å². The molecule has 0 N–H and O–H groups in total. The number of para-hydroxylation sites is 2. The Hall–Kier alpha value is -5.28. The van der Waals surface area contributed by atoms with Gasteiger partial charge in [-0.15, -0.1) is 0 Å². The first-order valence-electron chi connectivity index (χ1n) is 14.3. The van der Waals surface area contributed by atoms with Crippen molar-refractivity contribution in [1.29, 1.82) is 0 Å². The Morgan fingerprint density at radius 3 is 1.79 bits per heavy atom. The summed E-state index contributed by atoms with van der Waals surface area (Å²) in [6, 6.07) is 42.5. The van der Waals surface area contributed by atoms with Crippen LogP contribution in [0.4, 0.5) is 0 Å². The fourth-order valence-corrected chi connectivity index (χ4v) is 6.66. The Labute approximate surface area is 242 Å². The van der Waals surface area contributed by atoms with Gasteiger partial charge in [0.05, 0.1) is 0 Å². The second-order valence-electron chi connectivity index (χ2n) is 11.7. The third-order valence-corrected chi connectivity index (χ3v) is 8.97. The van der Waals surface area contributed by atoms with Gasteiger partial charge >= 0.3 is 0 Å². The number of benzene rings is 6. The number of hydrogen-bond acceptors (Lipinski definition) is 3. The summed E-state index contributed by atoms with van der Waals surface area (Å²) in [5.74, 6) is 1.69. The minimum atomic E-state index is -0.256. The molecular formula is C39H26O3. The molecule has 0 radical (unpaired) electrons. The van der Waals surface area contributed by atoms with E-state index in [0.717, 1.165) is 77.6 Å². The van der Waals surface area contributed by atoms with Gasteiger partial charge in [0.1, 0.15) is 22.5 Å². The monoisotopic (exact) mass is 542 g/mol. The van der Waals surface area contributed by atoms with Gasteiger partial charge in [-0.05, 0) is 64.7 Å². The van der Waals surface area contributed by atoms with Crippen molar-refractivity contribution in [3.8, 4) is 33.8 Å². The fourth-order valence-electron chi connectivity index (χ4n) is 6.66. The van der Waals surface area contributed by atoms with Crippen LogP contribution in [0.3, 0.4) is 0 Å². The molecule has 0 amide bonds. The largest absolute Gasteiger partial charge is 0.456 e. The maximum Gasteiger partial charge on any atom is 0.178 e. The zero-order valence-corrected chi connectivity index (χ0v) is 23.3. The van der Waals surface area contributed by atoms with Gasteiger partial charge in [0, 0.05) is 38.1 Å². The van der Waals surface area contributed by atoms with Gasteiger partial charge in [-0.3, -0.25) is 0 Å². The van der Waals surface area contributed by atoms with Crippen molar-refractivity contribution in [2.24, 2.45) is 0 Å². The first-order valence-corrected chi connectivity index (χ1v) is 14.3. The zero-order valence-electron chi connectivity index (χ0n) is 23.3. The van der Waals surface area contributed by atoms with Crippen LogP contribution < -0.4 is 4.74 Å². The lowest BCUT2D eigenvalue weighted by molar-refractivity contribution is 0.415. The Morgan fingerprint density at radius 2 is 1.02 bits per heavy atom. The molecule has 9 rings (SSSR count). The molecule has 200 valence electrons. The number of ether oxygens (including phenoxy) is 1. The van der Waals surface area contributed by atoms with E-state index in [1.807, 2.05) is 30.3 Å². The molecule has 8 aromatic rings. The van der Waals surface area contributed by atoms with Crippen molar-refractivity contribution >= 4 is 43.9 Å². The predicted octanol–water partition coefficient (Wildman–Crippen LogP) is 11.3. The SMILES string of the molecule is CC1(C)c2cc(-c3ccc(-c4ccc5c(c4)oc4ccccc45)cc3)ccc2Oc2c1ccc1c2oc2ccccc21. The lowest BCUT2D eigenvalue weighted by atomic mass is 9.75. The van der Waals surface area contributed by atoms with Gasteiger partial charge in [-0.25, -0.2) is 0 Å². The molecule has 6 aromatic carbocycles. The molecule has 0 aliphatic carbocycles. The van der Waals surface area contributed by atoms with Crippen molar-refractivity contribution in [3.05, 3.63) is 132 Å². The topological polar surface area (TPSA) is 35.5 Å². The molecule has 3 heteroatoms. The number of fused-ring (bicyclic) bond motifs is 9. The average molecular weight is 543 g/mol. The van der Waals surface area contributed by atoms with E-state index in [-0.39, 0.29) is 5.41 Å². The normalized spacial score (nSPS) is 13.9. The fraction of sp³-hybridized carbons (Fsp3) is 0.0769. The highest BCUT2D eigenvalue weighted by Gasteiger charge is 2.36. The standard InChI is InChI=1S/C39H26O3/c1-39(2)31-19-18-30-28-8-4-6-10-34(28)41-37(30)38(31)42-35-20-16-25(21-32(35)39)23-11-13-24(14-12-23)26-15-17-29-27-7-3-5-9-33(27)40-36(29)22-26/h3-22H,1-2H3. The summed E-state index contributed by atoms with van der Waals surface area (Å²) in [4.78, 5) is 0. The van der Waals surface area contributed by atoms with E-state index in [1.54, 1.807) is 0 Å². The minimum Gasteiger partial charge on any atom is -0.456 e. The molecular weight excluding hydrogens is 516 g/mol. The van der Waals surface area contributed by atoms with E-state index < -0.39 is 0 Å². The van der Waals surface area contributed by atoms with Crippen molar-refractivity contribution in [1.82, 2.24) is 0 Å². The minimum absolute atomic E-state index is 0.256. The third kappa shape index (κ3) is 3.28. The highest BCUT2D eigenvalue weighted by molar-refractivity contribution is 6.08. The quantitative estimate of drug-likeness (QED) is 0.218. The summed E-state index contributed by atoms with van der Waals surface area (Å²) in [5, 5.41) is 4.49. The first-order chi connectivity index (χ1) is 20.5. The summed E-state index contributed by atoms with van der Waals surface area (Å²) >= 11 is 0. The molecule has 0 fully saturated rings. The lowest BCUT2D eigenvalue weighted by Crippen LogP contribution is -2.24. The molecule has 0 atom stereocenters. The van der Waals surface area contributed by atoms with Crippen molar-refractivity contribution in [2.75, 3.05) is 0 Å². The number of hydrogen-bond donors (Lipinski definition) is 0. The first kappa shape index (κ1) is 23.4. The molecule has 0 saturated heterocycles. The van der Waals surface area contributed by atoms with E-state index >= 15 is 0 Å². The van der Waals surface area contributed by atoms with Gasteiger partial charge < -0.3 is 13.6 Å². The Kier molecular flexibility index (Phi) is 4.67. The van der Waals surface area contributed by atoms with Gasteiger partial charge in [-0.1, -0.05) is 92.7 Å². The summed E-state index contributed by atoms with van der Waals surface area (Å²) in [7, 11) is 0. The smallest absolute Gasteiger partial charge is 0.178 e. The van der Waals surface area contributed by atoms with Gasteiger partial charge in [0.15, 0.2) is 11.3 Å². The predicted molar refractivity (Wildman–Crippen MR) is 171 cm³/mol. The van der Waals surface area contributed by atoms with Crippen LogP contribution in [-0.4, -0.2) is 0 Å². The highest BCUT2D eigenvalue weighted by Crippen LogP contribution is 2.52. The summed E-state index contributed by atoms with van der Waals surface area (Å²) in [6.07, 6.45) is 0. The number of furan rings is 2. The van der Waals surface area contributed by atoms with Crippen LogP contribution in [-0.2, 0) is 5.41 Å². The van der Waals surface area contributed by atoms with Crippen LogP contribution in [0.15, 0.2) is 130 Å². The van der Waals surface area contributed by atoms with E-state index in [1.165, 1.54) is 11.1 Å². The average Bonchev–Trinajstić information content (AvgIpc) is 3.59. The van der Waals surface area contributed by atoms with Crippen LogP contribution in [0.5, 0.6) is 11.5 Å². The molecule has 0 unspecified atom stereocenters. The highest BCUT2D eigenvalue weighted by atomic mass is 16.5. The van der Waals surface area contributed by atoms with E-state index in [2.05, 4.69) is 105 Å². The molecule has 42 heavy (non-hydrogen) atoms. The van der Waals surface area contributed by atoms with Crippen LogP contribution in [0.1, 0.15) is 25.0 Å². The molecule has 3 nitrogen and oxygen atoms in total. The Bertz CT molecular complexity index is 2350. The Morgan fingerprint density at radius 1 is 0.452 bits per heavy atom. The molecule has 0 spiro atoms. The summed E-state index contributed by atoms with van der Waals surface area (Å²) in [6.45, 7) is 4.53. The molecule has 1 aliphatic heterocycles. The molecule has 0 bridgehead atoms. The third-order valence-electron chi connectivity index (χ3n) is 8.97. The van der Waals surface area contributed by atoms with Crippen molar-refractivity contribution < 1.29 is 13.6 Å². The maximum atomic E-state index is 6.58. The van der Waals surface area contributed by atoms with E-state index in [0.29, 0.717) is 0 Å². The molecule has 3 heterocycles. The maximum absolute atomic E-state index is 6.58. The molecule has 1 aliphatic rings. The van der Waals surface area contributed by atoms with Crippen molar-refractivity contribution in [3.63, 3.8) is 0 Å².